The number of phenolic OH excluding ortho intramolecular Hbond substituents is 4. The van der Waals surface area contributed by atoms with Gasteiger partial charge in [0.25, 0.3) is 11.4 Å². The lowest BCUT2D eigenvalue weighted by Gasteiger charge is -2.06. The Bertz CT molecular complexity index is 1790. The van der Waals surface area contributed by atoms with E-state index in [-0.39, 0.29) is 34.2 Å². The first kappa shape index (κ1) is 40.7. The van der Waals surface area contributed by atoms with E-state index in [0.717, 1.165) is 29.9 Å². The number of phenols is 4. The minimum atomic E-state index is -0.889. The summed E-state index contributed by atoms with van der Waals surface area (Å²) >= 11 is 0. The summed E-state index contributed by atoms with van der Waals surface area (Å²) in [5.41, 5.74) is 2.00. The molecule has 0 saturated carbocycles. The topological polar surface area (TPSA) is 238 Å². The second-order valence-electron chi connectivity index (χ2n) is 10.2. The number of hydrogen-bond acceptors (Lipinski definition) is 13. The number of nitrogens with zero attached hydrogens (tertiary/aromatic N) is 3. The summed E-state index contributed by atoms with van der Waals surface area (Å²) in [6, 6.07) is 14.5. The molecule has 49 heavy (non-hydrogen) atoms. The lowest BCUT2D eigenvalue weighted by molar-refractivity contribution is -0.396. The summed E-state index contributed by atoms with van der Waals surface area (Å²) in [7, 11) is 2.49. The van der Waals surface area contributed by atoms with Crippen LogP contribution in [0.2, 0.25) is 0 Å². The molecule has 0 bridgehead atoms. The summed E-state index contributed by atoms with van der Waals surface area (Å²) in [5.74, 6) is 0.155. The normalized spacial score (nSPS) is 9.71. The van der Waals surface area contributed by atoms with Gasteiger partial charge in [-0.3, -0.25) is 30.3 Å². The standard InChI is InChI=1S/C9H12O2.C8H8N2O6.C8H9NO4.C8H10O/c1-3-11-9-5-4-7(2)6-8(9)10;1-4-5(9(12)13)3-6(16-2)8(11)7(4)10(14)15;1-5-3-7(10)8(13-2)4-6(5)9(11)12;1-6-3-4-7(2)8(9)5-6/h4-6,10H,3H2,1-2H3;3,11H,1-2H3;3-4,10H,1-2H3;3-5,9H,1-2H3. The Labute approximate surface area is 281 Å². The van der Waals surface area contributed by atoms with Crippen molar-refractivity contribution in [2.24, 2.45) is 0 Å². The van der Waals surface area contributed by atoms with Crippen LogP contribution in [0.1, 0.15) is 34.7 Å². The molecule has 264 valence electrons. The number of rotatable bonds is 7. The van der Waals surface area contributed by atoms with E-state index in [1.807, 2.05) is 45.9 Å². The molecule has 0 aromatic heterocycles. The van der Waals surface area contributed by atoms with Crippen LogP contribution in [0.5, 0.6) is 40.2 Å². The number of benzene rings is 4. The van der Waals surface area contributed by atoms with E-state index in [2.05, 4.69) is 4.74 Å². The average Bonchev–Trinajstić information content (AvgIpc) is 3.01. The van der Waals surface area contributed by atoms with E-state index in [1.165, 1.54) is 26.2 Å². The zero-order valence-corrected chi connectivity index (χ0v) is 28.2. The number of aromatic hydroxyl groups is 4. The fourth-order valence-electron chi connectivity index (χ4n) is 3.93. The third-order valence-corrected chi connectivity index (χ3v) is 6.54. The van der Waals surface area contributed by atoms with Crippen molar-refractivity contribution in [2.75, 3.05) is 20.8 Å². The van der Waals surface area contributed by atoms with Crippen molar-refractivity contribution in [3.05, 3.63) is 113 Å². The van der Waals surface area contributed by atoms with E-state index < -0.39 is 31.9 Å². The Balaban J connectivity index is 0.000000333. The van der Waals surface area contributed by atoms with Gasteiger partial charge in [0.1, 0.15) is 11.3 Å². The molecular formula is C33H39N3O13. The van der Waals surface area contributed by atoms with Crippen molar-refractivity contribution in [3.8, 4) is 40.2 Å². The molecule has 0 fully saturated rings. The predicted octanol–water partition coefficient (Wildman–Crippen LogP) is 7.25. The van der Waals surface area contributed by atoms with Crippen molar-refractivity contribution in [3.63, 3.8) is 0 Å². The third kappa shape index (κ3) is 11.8. The van der Waals surface area contributed by atoms with Gasteiger partial charge < -0.3 is 34.6 Å². The molecule has 0 unspecified atom stereocenters. The van der Waals surface area contributed by atoms with Gasteiger partial charge in [0.05, 0.1) is 47.7 Å². The molecule has 4 aromatic carbocycles. The number of hydrogen-bond donors (Lipinski definition) is 4. The highest BCUT2D eigenvalue weighted by Crippen LogP contribution is 2.43. The minimum absolute atomic E-state index is 0.0605. The number of aryl methyl sites for hydroxylation is 4. The maximum Gasteiger partial charge on any atom is 0.324 e. The lowest BCUT2D eigenvalue weighted by Crippen LogP contribution is -1.99. The molecule has 16 heteroatoms. The highest BCUT2D eigenvalue weighted by Gasteiger charge is 2.29. The van der Waals surface area contributed by atoms with Crippen LogP contribution in [-0.4, -0.2) is 56.0 Å². The second-order valence-corrected chi connectivity index (χ2v) is 10.2. The first-order valence-corrected chi connectivity index (χ1v) is 14.3. The molecule has 4 N–H and O–H groups in total. The fraction of sp³-hybridized carbons (Fsp3) is 0.273. The summed E-state index contributed by atoms with van der Waals surface area (Å²) in [4.78, 5) is 29.6. The SMILES string of the molecule is CCOc1ccc(C)cc1O.COc1cc([N+](=O)[O-])c(C)c([N+](=O)[O-])c1O.COc1cc([N+](=O)[O-])c(C)cc1O.Cc1ccc(C)c(O)c1. The highest BCUT2D eigenvalue weighted by atomic mass is 16.6. The molecule has 0 aliphatic rings. The van der Waals surface area contributed by atoms with Gasteiger partial charge in [0.15, 0.2) is 28.7 Å². The smallest absolute Gasteiger partial charge is 0.324 e. The molecule has 0 aliphatic heterocycles. The molecule has 0 heterocycles. The van der Waals surface area contributed by atoms with Gasteiger partial charge >= 0.3 is 5.69 Å². The zero-order chi connectivity index (χ0) is 37.6. The third-order valence-electron chi connectivity index (χ3n) is 6.54. The van der Waals surface area contributed by atoms with Gasteiger partial charge in [-0.2, -0.15) is 0 Å². The van der Waals surface area contributed by atoms with Gasteiger partial charge in [0, 0.05) is 5.56 Å². The number of nitro benzene ring substituents is 3. The molecule has 0 atom stereocenters. The minimum Gasteiger partial charge on any atom is -0.508 e. The summed E-state index contributed by atoms with van der Waals surface area (Å²) in [6.07, 6.45) is 0. The number of methoxy groups -OCH3 is 2. The Hall–Kier alpha value is -6.32. The van der Waals surface area contributed by atoms with Crippen LogP contribution >= 0.6 is 0 Å². The second kappa shape index (κ2) is 18.7. The maximum absolute atomic E-state index is 10.7. The molecule has 0 saturated heterocycles. The number of nitro groups is 3. The van der Waals surface area contributed by atoms with Gasteiger partial charge in [-0.05, 0) is 82.5 Å². The van der Waals surface area contributed by atoms with Crippen molar-refractivity contribution < 1.29 is 49.4 Å². The first-order valence-electron chi connectivity index (χ1n) is 14.3. The van der Waals surface area contributed by atoms with Crippen LogP contribution in [0, 0.1) is 65.0 Å². The summed E-state index contributed by atoms with van der Waals surface area (Å²) in [5, 5.41) is 68.8. The molecule has 0 amide bonds. The summed E-state index contributed by atoms with van der Waals surface area (Å²) < 4.78 is 14.5. The highest BCUT2D eigenvalue weighted by molar-refractivity contribution is 5.67. The van der Waals surface area contributed by atoms with Crippen LogP contribution in [-0.2, 0) is 0 Å². The Kier molecular flexibility index (Phi) is 15.6. The van der Waals surface area contributed by atoms with Crippen molar-refractivity contribution in [1.82, 2.24) is 0 Å². The Morgan fingerprint density at radius 3 is 1.51 bits per heavy atom. The molecule has 0 aliphatic carbocycles. The first-order chi connectivity index (χ1) is 22.9. The molecule has 0 radical (unpaired) electrons. The summed E-state index contributed by atoms with van der Waals surface area (Å²) in [6.45, 7) is 11.0. The van der Waals surface area contributed by atoms with Gasteiger partial charge in [-0.25, -0.2) is 0 Å². The van der Waals surface area contributed by atoms with Crippen molar-refractivity contribution >= 4 is 17.1 Å². The Morgan fingerprint density at radius 2 is 1.08 bits per heavy atom. The predicted molar refractivity (Wildman–Crippen MR) is 180 cm³/mol. The number of ether oxygens (including phenoxy) is 3. The monoisotopic (exact) mass is 685 g/mol. The van der Waals surface area contributed by atoms with Crippen molar-refractivity contribution in [2.45, 2.75) is 41.5 Å². The van der Waals surface area contributed by atoms with Crippen LogP contribution in [0.15, 0.2) is 54.6 Å². The fourth-order valence-corrected chi connectivity index (χ4v) is 3.93. The van der Waals surface area contributed by atoms with E-state index in [0.29, 0.717) is 23.7 Å². The molecule has 4 rings (SSSR count). The zero-order valence-electron chi connectivity index (χ0n) is 28.2. The van der Waals surface area contributed by atoms with Crippen LogP contribution < -0.4 is 14.2 Å². The Morgan fingerprint density at radius 1 is 0.592 bits per heavy atom. The lowest BCUT2D eigenvalue weighted by atomic mass is 10.1. The van der Waals surface area contributed by atoms with Gasteiger partial charge in [0.2, 0.25) is 5.75 Å². The molecule has 0 spiro atoms. The van der Waals surface area contributed by atoms with Crippen LogP contribution in [0.25, 0.3) is 0 Å². The van der Waals surface area contributed by atoms with Gasteiger partial charge in [-0.1, -0.05) is 18.2 Å². The molecule has 4 aromatic rings. The van der Waals surface area contributed by atoms with Crippen LogP contribution in [0.3, 0.4) is 0 Å². The maximum atomic E-state index is 10.7. The van der Waals surface area contributed by atoms with Crippen LogP contribution in [0.4, 0.5) is 17.1 Å². The van der Waals surface area contributed by atoms with Crippen molar-refractivity contribution in [1.29, 1.82) is 0 Å². The molecular weight excluding hydrogens is 646 g/mol. The van der Waals surface area contributed by atoms with E-state index in [1.54, 1.807) is 25.1 Å². The average molecular weight is 686 g/mol. The van der Waals surface area contributed by atoms with E-state index >= 15 is 0 Å². The van der Waals surface area contributed by atoms with E-state index in [4.69, 9.17) is 14.6 Å². The van der Waals surface area contributed by atoms with Gasteiger partial charge in [-0.15, -0.1) is 0 Å². The molecule has 16 nitrogen and oxygen atoms in total. The quantitative estimate of drug-likeness (QED) is 0.111. The largest absolute Gasteiger partial charge is 0.508 e. The van der Waals surface area contributed by atoms with E-state index in [9.17, 15) is 45.7 Å².